The summed E-state index contributed by atoms with van der Waals surface area (Å²) in [7, 11) is -4.13. The summed E-state index contributed by atoms with van der Waals surface area (Å²) in [5.74, 6) is 0.00289. The molecule has 2 unspecified atom stereocenters. The highest BCUT2D eigenvalue weighted by molar-refractivity contribution is 7.86. The van der Waals surface area contributed by atoms with Crippen molar-refractivity contribution in [3.05, 3.63) is 35.9 Å². The Morgan fingerprint density at radius 2 is 1.48 bits per heavy atom. The Bertz CT molecular complexity index is 452. The van der Waals surface area contributed by atoms with Crippen molar-refractivity contribution in [2.24, 2.45) is 11.5 Å². The molecule has 0 bridgehead atoms. The number of halogens is 1. The summed E-state index contributed by atoms with van der Waals surface area (Å²) in [4.78, 5) is 0. The third kappa shape index (κ3) is 12.7. The first-order valence-electron chi connectivity index (χ1n) is 6.34. The van der Waals surface area contributed by atoms with Crippen LogP contribution < -0.4 is 11.5 Å². The van der Waals surface area contributed by atoms with Crippen molar-refractivity contribution in [1.82, 2.24) is 0 Å². The maximum atomic E-state index is 10.7. The second-order valence-corrected chi connectivity index (χ2v) is 6.48. The van der Waals surface area contributed by atoms with Crippen LogP contribution in [0.3, 0.4) is 0 Å². The molecule has 0 fully saturated rings. The molecule has 21 heavy (non-hydrogen) atoms. The largest absolute Gasteiger partial charge is 0.328 e. The third-order valence-corrected chi connectivity index (χ3v) is 3.29. The Morgan fingerprint density at radius 1 is 1.10 bits per heavy atom. The molecular formula is C13H25ClN2O4S. The van der Waals surface area contributed by atoms with E-state index in [1.54, 1.807) is 0 Å². The summed E-state index contributed by atoms with van der Waals surface area (Å²) in [6, 6.07) is 9.79. The number of rotatable bonds is 4. The summed E-state index contributed by atoms with van der Waals surface area (Å²) in [5, 5.41) is -1.22. The number of nitrogens with two attached hydrogens (primary N) is 2. The van der Waals surface area contributed by atoms with E-state index in [0.29, 0.717) is 6.04 Å². The molecule has 0 heterocycles. The molecule has 1 aromatic carbocycles. The van der Waals surface area contributed by atoms with Crippen LogP contribution in [0, 0.1) is 0 Å². The smallest absolute Gasteiger partial charge is 0.280 e. The first kappa shape index (κ1) is 22.6. The van der Waals surface area contributed by atoms with Crippen LogP contribution in [-0.4, -0.2) is 29.0 Å². The van der Waals surface area contributed by atoms with Crippen LogP contribution in [0.4, 0.5) is 0 Å². The second kappa shape index (κ2) is 11.9. The van der Waals surface area contributed by atoms with Crippen molar-refractivity contribution in [2.75, 3.05) is 0 Å². The van der Waals surface area contributed by atoms with Crippen molar-refractivity contribution in [2.45, 2.75) is 44.5 Å². The molecular weight excluding hydrogens is 316 g/mol. The number of benzene rings is 1. The van der Waals surface area contributed by atoms with Gasteiger partial charge in [-0.3, -0.25) is 9.21 Å². The Hall–Kier alpha value is -0.700. The van der Waals surface area contributed by atoms with E-state index < -0.39 is 15.5 Å². The molecule has 1 aromatic rings. The van der Waals surface area contributed by atoms with Crippen LogP contribution in [-0.2, 0) is 10.1 Å². The summed E-state index contributed by atoms with van der Waals surface area (Å²) in [6.07, 6.45) is 0.211. The second-order valence-electron chi connectivity index (χ2n) is 4.84. The normalized spacial score (nSPS) is 13.4. The van der Waals surface area contributed by atoms with Crippen molar-refractivity contribution < 1.29 is 17.6 Å². The number of hydrogen-bond acceptors (Lipinski definition) is 5. The quantitative estimate of drug-likeness (QED) is 0.619. The zero-order valence-electron chi connectivity index (χ0n) is 12.5. The topological polar surface area (TPSA) is 127 Å². The molecule has 0 aliphatic rings. The first-order chi connectivity index (χ1) is 9.64. The molecule has 2 atom stereocenters. The van der Waals surface area contributed by atoms with E-state index in [0.717, 1.165) is 5.56 Å². The van der Waals surface area contributed by atoms with Gasteiger partial charge in [-0.25, -0.2) is 0 Å². The van der Waals surface area contributed by atoms with Gasteiger partial charge in [0.15, 0.2) is 0 Å². The van der Waals surface area contributed by atoms with E-state index in [9.17, 15) is 8.42 Å². The highest BCUT2D eigenvalue weighted by Crippen LogP contribution is 2.20. The Morgan fingerprint density at radius 3 is 1.81 bits per heavy atom. The van der Waals surface area contributed by atoms with Crippen molar-refractivity contribution in [3.8, 4) is 0 Å². The van der Waals surface area contributed by atoms with Gasteiger partial charge in [-0.05, 0) is 23.9 Å². The van der Waals surface area contributed by atoms with E-state index in [1.807, 2.05) is 51.1 Å². The molecule has 0 spiro atoms. The van der Waals surface area contributed by atoms with Gasteiger partial charge in [-0.2, -0.15) is 8.42 Å². The average Bonchev–Trinajstić information content (AvgIpc) is 2.40. The van der Waals surface area contributed by atoms with Crippen LogP contribution >= 0.6 is 11.9 Å². The molecule has 0 saturated carbocycles. The van der Waals surface area contributed by atoms with E-state index in [-0.39, 0.29) is 12.3 Å². The van der Waals surface area contributed by atoms with E-state index in [4.69, 9.17) is 20.7 Å². The Kier molecular flexibility index (Phi) is 12.8. The Balaban J connectivity index is 0. The molecule has 0 aromatic heterocycles. The van der Waals surface area contributed by atoms with Gasteiger partial charge < -0.3 is 11.5 Å². The lowest BCUT2D eigenvalue weighted by Crippen LogP contribution is -2.31. The summed E-state index contributed by atoms with van der Waals surface area (Å²) < 4.78 is 36.7. The summed E-state index contributed by atoms with van der Waals surface area (Å²) in [5.41, 5.74) is 11.5. The molecule has 0 radical (unpaired) electrons. The fourth-order valence-electron chi connectivity index (χ4n) is 1.39. The highest BCUT2D eigenvalue weighted by Gasteiger charge is 2.21. The zero-order chi connectivity index (χ0) is 17.1. The minimum atomic E-state index is -4.13. The van der Waals surface area contributed by atoms with Gasteiger partial charge in [0.05, 0.1) is 11.9 Å². The first-order valence-corrected chi connectivity index (χ1v) is 8.18. The lowest BCUT2D eigenvalue weighted by Gasteiger charge is -2.15. The van der Waals surface area contributed by atoms with Crippen LogP contribution in [0.1, 0.15) is 38.7 Å². The standard InChI is InChI=1S/C10H15NO3S.C3H9N.ClHO/c1-8(7-10(11)15(12,13)14)9-5-3-2-4-6-9;1-3(2)4;1-2/h2-6,8,10H,7,11H2,1H3,(H,12,13,14);3H,4H2,1-2H3;2H. The SMILES string of the molecule is CC(C)N.CC(CC(N)S(=O)(=O)O)c1ccccc1.OCl. The van der Waals surface area contributed by atoms with Gasteiger partial charge in [0.1, 0.15) is 5.37 Å². The van der Waals surface area contributed by atoms with Crippen molar-refractivity contribution >= 4 is 22.0 Å². The van der Waals surface area contributed by atoms with E-state index >= 15 is 0 Å². The van der Waals surface area contributed by atoms with E-state index in [1.165, 1.54) is 0 Å². The Labute approximate surface area is 132 Å². The van der Waals surface area contributed by atoms with Crippen LogP contribution in [0.25, 0.3) is 0 Å². The van der Waals surface area contributed by atoms with E-state index in [2.05, 4.69) is 11.9 Å². The van der Waals surface area contributed by atoms with Crippen LogP contribution in [0.5, 0.6) is 0 Å². The van der Waals surface area contributed by atoms with Gasteiger partial charge in [-0.15, -0.1) is 0 Å². The summed E-state index contributed by atoms with van der Waals surface area (Å²) in [6.45, 7) is 5.76. The van der Waals surface area contributed by atoms with Crippen LogP contribution in [0.2, 0.25) is 0 Å². The van der Waals surface area contributed by atoms with Gasteiger partial charge in [0.25, 0.3) is 10.1 Å². The van der Waals surface area contributed by atoms with Gasteiger partial charge in [0.2, 0.25) is 0 Å². The third-order valence-electron chi connectivity index (χ3n) is 2.34. The average molecular weight is 341 g/mol. The molecule has 1 rings (SSSR count). The zero-order valence-corrected chi connectivity index (χ0v) is 14.1. The molecule has 0 aliphatic heterocycles. The molecule has 0 saturated heterocycles. The monoisotopic (exact) mass is 340 g/mol. The fraction of sp³-hybridized carbons (Fsp3) is 0.538. The predicted molar refractivity (Wildman–Crippen MR) is 86.4 cm³/mol. The van der Waals surface area contributed by atoms with Gasteiger partial charge >= 0.3 is 0 Å². The predicted octanol–water partition coefficient (Wildman–Crippen LogP) is 1.84. The van der Waals surface area contributed by atoms with Gasteiger partial charge in [-0.1, -0.05) is 51.1 Å². The lowest BCUT2D eigenvalue weighted by atomic mass is 9.98. The molecule has 0 aliphatic carbocycles. The molecule has 6 N–H and O–H groups in total. The van der Waals surface area contributed by atoms with Crippen molar-refractivity contribution in [3.63, 3.8) is 0 Å². The molecule has 6 nitrogen and oxygen atoms in total. The minimum Gasteiger partial charge on any atom is -0.328 e. The maximum absolute atomic E-state index is 10.7. The minimum absolute atomic E-state index is 0.00289. The van der Waals surface area contributed by atoms with Crippen LogP contribution in [0.15, 0.2) is 30.3 Å². The molecule has 124 valence electrons. The highest BCUT2D eigenvalue weighted by atomic mass is 35.5. The lowest BCUT2D eigenvalue weighted by molar-refractivity contribution is 0.457. The number of hydrogen-bond donors (Lipinski definition) is 4. The van der Waals surface area contributed by atoms with Gasteiger partial charge in [0, 0.05) is 0 Å². The molecule has 0 amide bonds. The fourth-order valence-corrected chi connectivity index (χ4v) is 1.92. The molecule has 8 heteroatoms. The van der Waals surface area contributed by atoms with Crippen molar-refractivity contribution in [1.29, 1.82) is 0 Å². The maximum Gasteiger partial charge on any atom is 0.280 e. The summed E-state index contributed by atoms with van der Waals surface area (Å²) >= 11 is 3.64.